The number of halogens is 3. The topological polar surface area (TPSA) is 69.7 Å². The molecule has 1 amide bonds. The van der Waals surface area contributed by atoms with Crippen molar-refractivity contribution in [3.8, 4) is 0 Å². The first-order valence-electron chi connectivity index (χ1n) is 9.72. The van der Waals surface area contributed by atoms with Crippen LogP contribution in [0.4, 0.5) is 18.9 Å². The molecule has 1 saturated heterocycles. The number of alkyl halides is 3. The van der Waals surface area contributed by atoms with Crippen LogP contribution < -0.4 is 10.2 Å². The van der Waals surface area contributed by atoms with Gasteiger partial charge in [0.15, 0.2) is 9.84 Å². The molecule has 1 aromatic carbocycles. The van der Waals surface area contributed by atoms with E-state index in [2.05, 4.69) is 10.2 Å². The molecule has 1 aliphatic heterocycles. The molecule has 0 aromatic heterocycles. The van der Waals surface area contributed by atoms with E-state index in [1.165, 1.54) is 12.1 Å². The molecule has 29 heavy (non-hydrogen) atoms. The molecule has 10 heteroatoms. The maximum atomic E-state index is 12.9. The monoisotopic (exact) mass is 435 g/mol. The normalized spacial score (nSPS) is 16.1. The Kier molecular flexibility index (Phi) is 8.33. The Bertz CT molecular complexity index is 776. The van der Waals surface area contributed by atoms with Gasteiger partial charge in [0.05, 0.1) is 11.3 Å². The Morgan fingerprint density at radius 2 is 1.86 bits per heavy atom. The van der Waals surface area contributed by atoms with Gasteiger partial charge in [0, 0.05) is 38.4 Å². The van der Waals surface area contributed by atoms with Crippen LogP contribution in [-0.2, 0) is 20.8 Å². The summed E-state index contributed by atoms with van der Waals surface area (Å²) in [6.45, 7) is 5.57. The van der Waals surface area contributed by atoms with Crippen LogP contribution in [-0.4, -0.2) is 70.0 Å². The third-order valence-corrected chi connectivity index (χ3v) is 6.48. The average Bonchev–Trinajstić information content (AvgIpc) is 2.65. The molecule has 0 saturated carbocycles. The fourth-order valence-electron chi connectivity index (χ4n) is 3.27. The predicted molar refractivity (Wildman–Crippen MR) is 107 cm³/mol. The number of hydrogen-bond donors (Lipinski definition) is 1. The lowest BCUT2D eigenvalue weighted by molar-refractivity contribution is -0.137. The van der Waals surface area contributed by atoms with Crippen LogP contribution >= 0.6 is 0 Å². The summed E-state index contributed by atoms with van der Waals surface area (Å²) in [6, 6.07) is 5.36. The van der Waals surface area contributed by atoms with Crippen LogP contribution in [0.2, 0.25) is 0 Å². The van der Waals surface area contributed by atoms with E-state index in [0.717, 1.165) is 25.7 Å². The van der Waals surface area contributed by atoms with Gasteiger partial charge in [-0.15, -0.1) is 0 Å². The minimum atomic E-state index is -4.35. The highest BCUT2D eigenvalue weighted by atomic mass is 32.2. The van der Waals surface area contributed by atoms with Crippen LogP contribution in [0.15, 0.2) is 24.3 Å². The summed E-state index contributed by atoms with van der Waals surface area (Å²) < 4.78 is 61.8. The molecule has 2 rings (SSSR count). The molecule has 1 heterocycles. The molecule has 0 radical (unpaired) electrons. The molecule has 6 nitrogen and oxygen atoms in total. The van der Waals surface area contributed by atoms with Crippen molar-refractivity contribution in [2.75, 3.05) is 55.7 Å². The Morgan fingerprint density at radius 1 is 1.17 bits per heavy atom. The first-order valence-corrected chi connectivity index (χ1v) is 11.5. The van der Waals surface area contributed by atoms with Gasteiger partial charge in [-0.1, -0.05) is 13.0 Å². The lowest BCUT2D eigenvalue weighted by Crippen LogP contribution is -2.47. The predicted octanol–water partition coefficient (Wildman–Crippen LogP) is 2.16. The van der Waals surface area contributed by atoms with E-state index in [0.29, 0.717) is 38.2 Å². The number of anilines is 1. The summed E-state index contributed by atoms with van der Waals surface area (Å²) in [7, 11) is -3.33. The average molecular weight is 436 g/mol. The lowest BCUT2D eigenvalue weighted by atomic mass is 10.1. The number of sulfone groups is 1. The van der Waals surface area contributed by atoms with E-state index >= 15 is 0 Å². The summed E-state index contributed by atoms with van der Waals surface area (Å²) in [4.78, 5) is 15.8. The quantitative estimate of drug-likeness (QED) is 0.602. The maximum absolute atomic E-state index is 12.9. The number of hydrogen-bond acceptors (Lipinski definition) is 5. The van der Waals surface area contributed by atoms with E-state index < -0.39 is 33.2 Å². The van der Waals surface area contributed by atoms with Crippen molar-refractivity contribution in [1.29, 1.82) is 0 Å². The van der Waals surface area contributed by atoms with Crippen LogP contribution in [0.3, 0.4) is 0 Å². The number of carbonyl (C=O) groups excluding carboxylic acids is 1. The first kappa shape index (κ1) is 23.5. The van der Waals surface area contributed by atoms with Gasteiger partial charge < -0.3 is 10.2 Å². The van der Waals surface area contributed by atoms with Crippen molar-refractivity contribution in [1.82, 2.24) is 10.2 Å². The molecule has 164 valence electrons. The Morgan fingerprint density at radius 3 is 2.48 bits per heavy atom. The van der Waals surface area contributed by atoms with Gasteiger partial charge in [0.1, 0.15) is 5.75 Å². The number of rotatable bonds is 9. The molecule has 0 spiro atoms. The van der Waals surface area contributed by atoms with Crippen molar-refractivity contribution in [2.24, 2.45) is 0 Å². The number of nitrogens with zero attached hydrogens (tertiary/aromatic N) is 2. The fraction of sp³-hybridized carbons (Fsp3) is 0.632. The summed E-state index contributed by atoms with van der Waals surface area (Å²) >= 11 is 0. The highest BCUT2D eigenvalue weighted by Gasteiger charge is 2.31. The van der Waals surface area contributed by atoms with Gasteiger partial charge in [-0.05, 0) is 37.6 Å². The molecule has 1 aliphatic rings. The van der Waals surface area contributed by atoms with E-state index in [1.54, 1.807) is 13.0 Å². The van der Waals surface area contributed by atoms with E-state index in [1.807, 2.05) is 4.90 Å². The van der Waals surface area contributed by atoms with Gasteiger partial charge in [0.2, 0.25) is 5.91 Å². The molecule has 1 N–H and O–H groups in total. The standard InChI is InChI=1S/C19H28F3N3O3S/c1-2-13-29(27,28)15-18(26)23-7-4-8-24-9-11-25(12-10-24)17-6-3-5-16(14-17)19(20,21)22/h3,5-6,14H,2,4,7-13,15H2,1H3,(H,23,26). The van der Waals surface area contributed by atoms with Crippen LogP contribution in [0.5, 0.6) is 0 Å². The van der Waals surface area contributed by atoms with E-state index in [-0.39, 0.29) is 5.75 Å². The largest absolute Gasteiger partial charge is 0.416 e. The smallest absolute Gasteiger partial charge is 0.369 e. The zero-order valence-electron chi connectivity index (χ0n) is 16.5. The minimum Gasteiger partial charge on any atom is -0.369 e. The first-order chi connectivity index (χ1) is 13.6. The maximum Gasteiger partial charge on any atom is 0.416 e. The zero-order valence-corrected chi connectivity index (χ0v) is 17.4. The molecular formula is C19H28F3N3O3S. The molecule has 0 unspecified atom stereocenters. The third-order valence-electron chi connectivity index (χ3n) is 4.75. The highest BCUT2D eigenvalue weighted by molar-refractivity contribution is 7.92. The number of nitrogens with one attached hydrogen (secondary N) is 1. The second kappa shape index (κ2) is 10.3. The number of carbonyl (C=O) groups is 1. The van der Waals surface area contributed by atoms with Gasteiger partial charge >= 0.3 is 6.18 Å². The molecule has 1 fully saturated rings. The van der Waals surface area contributed by atoms with Crippen molar-refractivity contribution in [2.45, 2.75) is 25.9 Å². The summed E-state index contributed by atoms with van der Waals surface area (Å²) in [6.07, 6.45) is -3.18. The SMILES string of the molecule is CCCS(=O)(=O)CC(=O)NCCCN1CCN(c2cccc(C(F)(F)F)c2)CC1. The summed E-state index contributed by atoms with van der Waals surface area (Å²) in [5.74, 6) is -0.944. The van der Waals surface area contributed by atoms with Crippen LogP contribution in [0.25, 0.3) is 0 Å². The van der Waals surface area contributed by atoms with Gasteiger partial charge in [0.25, 0.3) is 0 Å². The number of benzene rings is 1. The summed E-state index contributed by atoms with van der Waals surface area (Å²) in [5, 5.41) is 2.63. The molecule has 1 aromatic rings. The Balaban J connectivity index is 1.70. The lowest BCUT2D eigenvalue weighted by Gasteiger charge is -2.36. The van der Waals surface area contributed by atoms with Crippen molar-refractivity contribution in [3.05, 3.63) is 29.8 Å². The molecule has 0 atom stereocenters. The molecular weight excluding hydrogens is 407 g/mol. The fourth-order valence-corrected chi connectivity index (χ4v) is 4.54. The second-order valence-corrected chi connectivity index (χ2v) is 9.36. The van der Waals surface area contributed by atoms with Gasteiger partial charge in [-0.3, -0.25) is 9.69 Å². The number of amides is 1. The van der Waals surface area contributed by atoms with Crippen molar-refractivity contribution >= 4 is 21.4 Å². The van der Waals surface area contributed by atoms with Crippen LogP contribution in [0, 0.1) is 0 Å². The van der Waals surface area contributed by atoms with E-state index in [4.69, 9.17) is 0 Å². The van der Waals surface area contributed by atoms with Crippen molar-refractivity contribution in [3.63, 3.8) is 0 Å². The van der Waals surface area contributed by atoms with Crippen molar-refractivity contribution < 1.29 is 26.4 Å². The van der Waals surface area contributed by atoms with Crippen LogP contribution in [0.1, 0.15) is 25.3 Å². The van der Waals surface area contributed by atoms with Gasteiger partial charge in [-0.2, -0.15) is 13.2 Å². The Hall–Kier alpha value is -1.81. The highest BCUT2D eigenvalue weighted by Crippen LogP contribution is 2.31. The second-order valence-electron chi connectivity index (χ2n) is 7.17. The summed E-state index contributed by atoms with van der Waals surface area (Å²) in [5.41, 5.74) is -0.0749. The third kappa shape index (κ3) is 7.85. The molecule has 0 aliphatic carbocycles. The zero-order chi connectivity index (χ0) is 21.5. The number of piperazine rings is 1. The molecule has 0 bridgehead atoms. The van der Waals surface area contributed by atoms with Gasteiger partial charge in [-0.25, -0.2) is 8.42 Å². The Labute approximate surface area is 170 Å². The van der Waals surface area contributed by atoms with E-state index in [9.17, 15) is 26.4 Å². The minimum absolute atomic E-state index is 0.0105.